The Morgan fingerprint density at radius 2 is 2.05 bits per heavy atom. The van der Waals surface area contributed by atoms with Crippen molar-refractivity contribution < 1.29 is 13.2 Å². The predicted octanol–water partition coefficient (Wildman–Crippen LogP) is 0.568. The van der Waals surface area contributed by atoms with Gasteiger partial charge in [-0.2, -0.15) is 0 Å². The van der Waals surface area contributed by atoms with Crippen LogP contribution in [-0.2, 0) is 16.6 Å². The lowest BCUT2D eigenvalue weighted by Crippen LogP contribution is -2.24. The summed E-state index contributed by atoms with van der Waals surface area (Å²) in [5.41, 5.74) is 0. The van der Waals surface area contributed by atoms with Gasteiger partial charge in [0.1, 0.15) is 18.2 Å². The van der Waals surface area contributed by atoms with E-state index in [1.165, 1.54) is 12.1 Å². The molecule has 1 aromatic heterocycles. The lowest BCUT2D eigenvalue weighted by molar-refractivity contribution is 0.230. The van der Waals surface area contributed by atoms with Crippen molar-refractivity contribution in [3.8, 4) is 5.75 Å². The molecule has 7 nitrogen and oxygen atoms in total. The number of rotatable bonds is 7. The van der Waals surface area contributed by atoms with Crippen LogP contribution in [0.4, 0.5) is 0 Å². The maximum absolute atomic E-state index is 11.1. The number of sulfonamides is 1. The molecule has 1 heterocycles. The molecule has 0 saturated carbocycles. The molecular formula is C13H18N4O3S. The van der Waals surface area contributed by atoms with Gasteiger partial charge in [-0.05, 0) is 31.3 Å². The lowest BCUT2D eigenvalue weighted by atomic mass is 10.3. The average Bonchev–Trinajstić information content (AvgIpc) is 2.91. The normalized spacial score (nSPS) is 11.8. The van der Waals surface area contributed by atoms with Gasteiger partial charge in [0, 0.05) is 18.9 Å². The number of imidazole rings is 1. The minimum Gasteiger partial charge on any atom is -0.492 e. The van der Waals surface area contributed by atoms with E-state index in [9.17, 15) is 8.42 Å². The van der Waals surface area contributed by atoms with E-state index < -0.39 is 10.0 Å². The number of H-pyrrole nitrogens is 1. The summed E-state index contributed by atoms with van der Waals surface area (Å²) in [7, 11) is -1.69. The summed E-state index contributed by atoms with van der Waals surface area (Å²) in [5, 5.41) is 5.03. The van der Waals surface area contributed by atoms with Crippen molar-refractivity contribution in [1.82, 2.24) is 14.9 Å². The molecule has 0 aliphatic rings. The average molecular weight is 310 g/mol. The molecule has 2 aromatic rings. The molecule has 0 radical (unpaired) electrons. The molecule has 0 unspecified atom stereocenters. The fraction of sp³-hybridized carbons (Fsp3) is 0.308. The zero-order chi connectivity index (χ0) is 15.3. The standard InChI is InChI=1S/C13H18N4O3S/c1-17(10-13-15-6-7-16-13)8-9-20-11-2-4-12(5-3-11)21(14,18)19/h2-7H,8-10H2,1H3,(H,15,16)(H2,14,18,19). The van der Waals surface area contributed by atoms with Crippen molar-refractivity contribution in [3.63, 3.8) is 0 Å². The molecule has 0 aliphatic carbocycles. The van der Waals surface area contributed by atoms with Gasteiger partial charge in [0.2, 0.25) is 10.0 Å². The molecule has 21 heavy (non-hydrogen) atoms. The molecule has 0 spiro atoms. The van der Waals surface area contributed by atoms with Crippen LogP contribution in [0.15, 0.2) is 41.6 Å². The van der Waals surface area contributed by atoms with Crippen LogP contribution in [0.3, 0.4) is 0 Å². The second-order valence-electron chi connectivity index (χ2n) is 4.64. The minimum absolute atomic E-state index is 0.0739. The van der Waals surface area contributed by atoms with Crippen LogP contribution < -0.4 is 9.88 Å². The Balaban J connectivity index is 1.78. The van der Waals surface area contributed by atoms with Crippen molar-refractivity contribution in [3.05, 3.63) is 42.5 Å². The Bertz CT molecular complexity index is 653. The van der Waals surface area contributed by atoms with E-state index in [4.69, 9.17) is 9.88 Å². The number of hydrogen-bond acceptors (Lipinski definition) is 5. The number of primary sulfonamides is 1. The van der Waals surface area contributed by atoms with E-state index in [0.717, 1.165) is 12.4 Å². The van der Waals surface area contributed by atoms with Crippen molar-refractivity contribution in [2.45, 2.75) is 11.4 Å². The number of aromatic amines is 1. The van der Waals surface area contributed by atoms with Crippen molar-refractivity contribution in [2.75, 3.05) is 20.2 Å². The van der Waals surface area contributed by atoms with Crippen LogP contribution in [0.2, 0.25) is 0 Å². The molecule has 0 saturated heterocycles. The van der Waals surface area contributed by atoms with E-state index in [-0.39, 0.29) is 4.90 Å². The molecule has 114 valence electrons. The van der Waals surface area contributed by atoms with Gasteiger partial charge in [0.15, 0.2) is 0 Å². The van der Waals surface area contributed by atoms with Crippen LogP contribution in [0.1, 0.15) is 5.82 Å². The minimum atomic E-state index is -3.66. The smallest absolute Gasteiger partial charge is 0.238 e. The van der Waals surface area contributed by atoms with E-state index in [1.807, 2.05) is 7.05 Å². The van der Waals surface area contributed by atoms with Gasteiger partial charge in [0.25, 0.3) is 0 Å². The number of likely N-dealkylation sites (N-methyl/N-ethyl adjacent to an activating group) is 1. The first-order valence-corrected chi connectivity index (χ1v) is 7.92. The number of hydrogen-bond donors (Lipinski definition) is 2. The number of nitrogens with two attached hydrogens (primary N) is 1. The Kier molecular flexibility index (Phi) is 4.94. The largest absolute Gasteiger partial charge is 0.492 e. The molecular weight excluding hydrogens is 292 g/mol. The summed E-state index contributed by atoms with van der Waals surface area (Å²) >= 11 is 0. The topological polar surface area (TPSA) is 101 Å². The fourth-order valence-corrected chi connectivity index (χ4v) is 2.28. The summed E-state index contributed by atoms with van der Waals surface area (Å²) < 4.78 is 27.8. The molecule has 8 heteroatoms. The van der Waals surface area contributed by atoms with E-state index in [2.05, 4.69) is 14.9 Å². The van der Waals surface area contributed by atoms with Gasteiger partial charge in [-0.25, -0.2) is 18.5 Å². The molecule has 0 fully saturated rings. The molecule has 2 rings (SSSR count). The van der Waals surface area contributed by atoms with E-state index in [0.29, 0.717) is 18.9 Å². The number of benzene rings is 1. The predicted molar refractivity (Wildman–Crippen MR) is 78.2 cm³/mol. The van der Waals surface area contributed by atoms with Crippen molar-refractivity contribution in [1.29, 1.82) is 0 Å². The maximum Gasteiger partial charge on any atom is 0.238 e. The SMILES string of the molecule is CN(CCOc1ccc(S(N)(=O)=O)cc1)Cc1ncc[nH]1. The summed E-state index contributed by atoms with van der Waals surface area (Å²) in [5.74, 6) is 1.50. The third-order valence-corrected chi connectivity index (χ3v) is 3.80. The zero-order valence-electron chi connectivity index (χ0n) is 11.7. The summed E-state index contributed by atoms with van der Waals surface area (Å²) in [6.07, 6.45) is 3.50. The van der Waals surface area contributed by atoms with E-state index in [1.54, 1.807) is 24.5 Å². The molecule has 1 aromatic carbocycles. The third-order valence-electron chi connectivity index (χ3n) is 2.87. The van der Waals surface area contributed by atoms with Gasteiger partial charge in [-0.3, -0.25) is 4.90 Å². The Morgan fingerprint density at radius 3 is 2.62 bits per heavy atom. The first kappa shape index (κ1) is 15.5. The molecule has 3 N–H and O–H groups in total. The van der Waals surface area contributed by atoms with Crippen molar-refractivity contribution >= 4 is 10.0 Å². The highest BCUT2D eigenvalue weighted by Crippen LogP contribution is 2.14. The number of ether oxygens (including phenoxy) is 1. The van der Waals surface area contributed by atoms with Crippen LogP contribution in [0.25, 0.3) is 0 Å². The summed E-state index contributed by atoms with van der Waals surface area (Å²) in [6, 6.07) is 6.03. The molecule has 0 amide bonds. The molecule has 0 bridgehead atoms. The quantitative estimate of drug-likeness (QED) is 0.778. The van der Waals surface area contributed by atoms with E-state index >= 15 is 0 Å². The lowest BCUT2D eigenvalue weighted by Gasteiger charge is -2.15. The van der Waals surface area contributed by atoms with Gasteiger partial charge in [-0.15, -0.1) is 0 Å². The Morgan fingerprint density at radius 1 is 1.33 bits per heavy atom. The first-order valence-electron chi connectivity index (χ1n) is 6.37. The Hall–Kier alpha value is -1.90. The highest BCUT2D eigenvalue weighted by Gasteiger charge is 2.07. The first-order chi connectivity index (χ1) is 9.95. The van der Waals surface area contributed by atoms with Crippen molar-refractivity contribution in [2.24, 2.45) is 5.14 Å². The number of nitrogens with one attached hydrogen (secondary N) is 1. The highest BCUT2D eigenvalue weighted by atomic mass is 32.2. The number of aromatic nitrogens is 2. The van der Waals surface area contributed by atoms with Crippen LogP contribution >= 0.6 is 0 Å². The molecule has 0 atom stereocenters. The fourth-order valence-electron chi connectivity index (χ4n) is 1.76. The monoisotopic (exact) mass is 310 g/mol. The zero-order valence-corrected chi connectivity index (χ0v) is 12.5. The van der Waals surface area contributed by atoms with Crippen LogP contribution in [-0.4, -0.2) is 43.5 Å². The summed E-state index contributed by atoms with van der Waals surface area (Å²) in [6.45, 7) is 1.92. The van der Waals surface area contributed by atoms with Gasteiger partial charge in [-0.1, -0.05) is 0 Å². The van der Waals surface area contributed by atoms with Crippen LogP contribution in [0, 0.1) is 0 Å². The van der Waals surface area contributed by atoms with Gasteiger partial charge in [0.05, 0.1) is 11.4 Å². The van der Waals surface area contributed by atoms with Gasteiger partial charge >= 0.3 is 0 Å². The van der Waals surface area contributed by atoms with Crippen LogP contribution in [0.5, 0.6) is 5.75 Å². The Labute approximate surface area is 123 Å². The maximum atomic E-state index is 11.1. The third kappa shape index (κ3) is 4.85. The highest BCUT2D eigenvalue weighted by molar-refractivity contribution is 7.89. The van der Waals surface area contributed by atoms with Gasteiger partial charge < -0.3 is 9.72 Å². The summed E-state index contributed by atoms with van der Waals surface area (Å²) in [4.78, 5) is 9.32. The molecule has 0 aliphatic heterocycles. The second-order valence-corrected chi connectivity index (χ2v) is 6.20. The number of nitrogens with zero attached hydrogens (tertiary/aromatic N) is 2. The second kappa shape index (κ2) is 6.70.